The molecule has 0 fully saturated rings. The third-order valence-corrected chi connectivity index (χ3v) is 6.79. The summed E-state index contributed by atoms with van der Waals surface area (Å²) < 4.78 is 0. The van der Waals surface area contributed by atoms with Crippen molar-refractivity contribution in [2.24, 2.45) is 0 Å². The summed E-state index contributed by atoms with van der Waals surface area (Å²) in [6.07, 6.45) is 34.9. The highest BCUT2D eigenvalue weighted by Crippen LogP contribution is 2.13. The molecule has 0 N–H and O–H groups in total. The summed E-state index contributed by atoms with van der Waals surface area (Å²) in [5.41, 5.74) is 0. The van der Waals surface area contributed by atoms with E-state index in [1.54, 1.807) is 0 Å². The van der Waals surface area contributed by atoms with E-state index in [0.717, 1.165) is 0 Å². The molecule has 1 nitrogen and oxygen atoms in total. The SMILES string of the molecule is CCCCCCCCCCCCCCN(C)CCCCCCCCCCCCCC. The van der Waals surface area contributed by atoms with Crippen LogP contribution >= 0.6 is 0 Å². The molecule has 0 spiro atoms. The van der Waals surface area contributed by atoms with E-state index in [1.165, 1.54) is 167 Å². The molecule has 0 aliphatic rings. The second kappa shape index (κ2) is 27.0. The van der Waals surface area contributed by atoms with Crippen LogP contribution in [0.5, 0.6) is 0 Å². The molecule has 30 heavy (non-hydrogen) atoms. The van der Waals surface area contributed by atoms with E-state index in [0.29, 0.717) is 0 Å². The lowest BCUT2D eigenvalue weighted by Gasteiger charge is -2.16. The molecule has 0 saturated heterocycles. The summed E-state index contributed by atoms with van der Waals surface area (Å²) in [7, 11) is 2.33. The largest absolute Gasteiger partial charge is 0.306 e. The van der Waals surface area contributed by atoms with Crippen LogP contribution in [-0.4, -0.2) is 25.0 Å². The molecular formula is C29H61N. The molecule has 0 heterocycles. The fourth-order valence-corrected chi connectivity index (χ4v) is 4.56. The van der Waals surface area contributed by atoms with Crippen molar-refractivity contribution < 1.29 is 0 Å². The zero-order chi connectivity index (χ0) is 22.0. The van der Waals surface area contributed by atoms with Crippen molar-refractivity contribution in [3.63, 3.8) is 0 Å². The van der Waals surface area contributed by atoms with E-state index in [-0.39, 0.29) is 0 Å². The quantitative estimate of drug-likeness (QED) is 0.125. The minimum atomic E-state index is 1.31. The molecule has 0 saturated carbocycles. The highest BCUT2D eigenvalue weighted by molar-refractivity contribution is 4.55. The molecule has 0 radical (unpaired) electrons. The zero-order valence-electron chi connectivity index (χ0n) is 21.8. The normalized spacial score (nSPS) is 11.6. The molecule has 0 amide bonds. The summed E-state index contributed by atoms with van der Waals surface area (Å²) in [5.74, 6) is 0. The van der Waals surface area contributed by atoms with Gasteiger partial charge >= 0.3 is 0 Å². The standard InChI is InChI=1S/C29H61N/c1-4-6-8-10-12-14-16-18-20-22-24-26-28-30(3)29-27-25-23-21-19-17-15-13-11-9-7-5-2/h4-29H2,1-3H3. The van der Waals surface area contributed by atoms with Crippen LogP contribution in [0.1, 0.15) is 168 Å². The fourth-order valence-electron chi connectivity index (χ4n) is 4.56. The minimum Gasteiger partial charge on any atom is -0.306 e. The lowest BCUT2D eigenvalue weighted by molar-refractivity contribution is 0.314. The molecule has 0 aliphatic heterocycles. The first-order valence-electron chi connectivity index (χ1n) is 14.5. The van der Waals surface area contributed by atoms with E-state index in [4.69, 9.17) is 0 Å². The van der Waals surface area contributed by atoms with Crippen LogP contribution in [0.2, 0.25) is 0 Å². The van der Waals surface area contributed by atoms with Gasteiger partial charge in [-0.25, -0.2) is 0 Å². The van der Waals surface area contributed by atoms with Crippen LogP contribution in [0.3, 0.4) is 0 Å². The molecule has 0 atom stereocenters. The van der Waals surface area contributed by atoms with E-state index >= 15 is 0 Å². The lowest BCUT2D eigenvalue weighted by Crippen LogP contribution is -2.20. The molecule has 0 bridgehead atoms. The van der Waals surface area contributed by atoms with Gasteiger partial charge < -0.3 is 4.90 Å². The average Bonchev–Trinajstić information content (AvgIpc) is 2.75. The Morgan fingerprint density at radius 2 is 0.500 bits per heavy atom. The predicted octanol–water partition coefficient (Wildman–Crippen LogP) is 10.3. The van der Waals surface area contributed by atoms with Crippen LogP contribution in [0.15, 0.2) is 0 Å². The molecule has 0 aromatic carbocycles. The Morgan fingerprint density at radius 1 is 0.300 bits per heavy atom. The van der Waals surface area contributed by atoms with Gasteiger partial charge in [0.05, 0.1) is 0 Å². The van der Waals surface area contributed by atoms with Gasteiger partial charge in [-0.15, -0.1) is 0 Å². The van der Waals surface area contributed by atoms with Crippen molar-refractivity contribution in [2.75, 3.05) is 20.1 Å². The molecular weight excluding hydrogens is 362 g/mol. The van der Waals surface area contributed by atoms with Crippen LogP contribution < -0.4 is 0 Å². The van der Waals surface area contributed by atoms with Gasteiger partial charge in [0.1, 0.15) is 0 Å². The Balaban J connectivity index is 3.13. The highest BCUT2D eigenvalue weighted by atomic mass is 15.1. The second-order valence-corrected chi connectivity index (χ2v) is 10.1. The fraction of sp³-hybridized carbons (Fsp3) is 1.00. The second-order valence-electron chi connectivity index (χ2n) is 10.1. The lowest BCUT2D eigenvalue weighted by atomic mass is 10.0. The van der Waals surface area contributed by atoms with Crippen molar-refractivity contribution in [3.05, 3.63) is 0 Å². The van der Waals surface area contributed by atoms with Gasteiger partial charge in [-0.2, -0.15) is 0 Å². The molecule has 0 rings (SSSR count). The van der Waals surface area contributed by atoms with Gasteiger partial charge in [0, 0.05) is 0 Å². The molecule has 182 valence electrons. The topological polar surface area (TPSA) is 3.24 Å². The molecule has 0 aliphatic carbocycles. The Bertz CT molecular complexity index is 260. The van der Waals surface area contributed by atoms with E-state index < -0.39 is 0 Å². The maximum absolute atomic E-state index is 2.58. The van der Waals surface area contributed by atoms with Gasteiger partial charge in [-0.05, 0) is 33.0 Å². The van der Waals surface area contributed by atoms with Crippen molar-refractivity contribution in [1.29, 1.82) is 0 Å². The number of unbranched alkanes of at least 4 members (excludes halogenated alkanes) is 22. The van der Waals surface area contributed by atoms with Crippen LogP contribution in [0.25, 0.3) is 0 Å². The predicted molar refractivity (Wildman–Crippen MR) is 140 cm³/mol. The van der Waals surface area contributed by atoms with Gasteiger partial charge in [-0.1, -0.05) is 155 Å². The molecule has 0 aromatic heterocycles. The maximum atomic E-state index is 2.58. The average molecular weight is 424 g/mol. The first-order chi connectivity index (χ1) is 14.8. The number of hydrogen-bond acceptors (Lipinski definition) is 1. The summed E-state index contributed by atoms with van der Waals surface area (Å²) in [4.78, 5) is 2.58. The third-order valence-electron chi connectivity index (χ3n) is 6.79. The van der Waals surface area contributed by atoms with E-state index in [1.807, 2.05) is 0 Å². The van der Waals surface area contributed by atoms with Crippen molar-refractivity contribution >= 4 is 0 Å². The Hall–Kier alpha value is -0.0400. The first kappa shape index (κ1) is 30.0. The minimum absolute atomic E-state index is 1.31. The number of hydrogen-bond donors (Lipinski definition) is 0. The number of rotatable bonds is 26. The van der Waals surface area contributed by atoms with Gasteiger partial charge in [0.15, 0.2) is 0 Å². The van der Waals surface area contributed by atoms with Crippen molar-refractivity contribution in [2.45, 2.75) is 168 Å². The molecule has 0 aromatic rings. The molecule has 0 unspecified atom stereocenters. The monoisotopic (exact) mass is 423 g/mol. The van der Waals surface area contributed by atoms with Gasteiger partial charge in [0.2, 0.25) is 0 Å². The Morgan fingerprint density at radius 3 is 0.733 bits per heavy atom. The summed E-state index contributed by atoms with van der Waals surface area (Å²) in [6, 6.07) is 0. The van der Waals surface area contributed by atoms with Crippen LogP contribution in [-0.2, 0) is 0 Å². The Labute approximate surface area is 193 Å². The maximum Gasteiger partial charge on any atom is -0.00218 e. The van der Waals surface area contributed by atoms with Gasteiger partial charge in [0.25, 0.3) is 0 Å². The molecule has 1 heteroatoms. The summed E-state index contributed by atoms with van der Waals surface area (Å²) in [5, 5.41) is 0. The van der Waals surface area contributed by atoms with Crippen LogP contribution in [0.4, 0.5) is 0 Å². The Kier molecular flexibility index (Phi) is 27.0. The highest BCUT2D eigenvalue weighted by Gasteiger charge is 1.99. The van der Waals surface area contributed by atoms with E-state index in [2.05, 4.69) is 25.8 Å². The summed E-state index contributed by atoms with van der Waals surface area (Å²) in [6.45, 7) is 7.24. The summed E-state index contributed by atoms with van der Waals surface area (Å²) >= 11 is 0. The van der Waals surface area contributed by atoms with Gasteiger partial charge in [-0.3, -0.25) is 0 Å². The van der Waals surface area contributed by atoms with Crippen molar-refractivity contribution in [3.8, 4) is 0 Å². The first-order valence-corrected chi connectivity index (χ1v) is 14.5. The van der Waals surface area contributed by atoms with Crippen molar-refractivity contribution in [1.82, 2.24) is 4.90 Å². The van der Waals surface area contributed by atoms with E-state index in [9.17, 15) is 0 Å². The number of nitrogens with zero attached hydrogens (tertiary/aromatic N) is 1. The zero-order valence-corrected chi connectivity index (χ0v) is 21.8. The van der Waals surface area contributed by atoms with Crippen LogP contribution in [0, 0.1) is 0 Å². The smallest absolute Gasteiger partial charge is 0.00218 e. The third kappa shape index (κ3) is 26.0.